The van der Waals surface area contributed by atoms with Crippen molar-refractivity contribution >= 4 is 53.9 Å². The van der Waals surface area contributed by atoms with Crippen LogP contribution >= 0.6 is 24.8 Å². The van der Waals surface area contributed by atoms with Crippen molar-refractivity contribution in [1.29, 1.82) is 5.26 Å². The lowest BCUT2D eigenvalue weighted by Gasteiger charge is -2.21. The third kappa shape index (κ3) is 3.53. The lowest BCUT2D eigenvalue weighted by Crippen LogP contribution is -2.35. The maximum atomic E-state index is 12.9. The van der Waals surface area contributed by atoms with Crippen LogP contribution in [0.4, 0.5) is 23.1 Å². The standard InChI is InChI=1S/C17H19N7O.2ClH/c1-23-13(19)9-15(22-23)21-14-8-12(4-6-20-14)24-7-5-17(10-18,16(24)25)11-2-3-11;;/h4,6,8-9,11H,2-3,5,7,19H2,1H3,(H,20,21,22);2*1H/t17-;;/m1../s1. The molecule has 1 aliphatic heterocycles. The number of carbonyl (C=O) groups is 1. The second-order valence-electron chi connectivity index (χ2n) is 6.67. The van der Waals surface area contributed by atoms with Crippen molar-refractivity contribution in [3.8, 4) is 6.07 Å². The molecule has 144 valence electrons. The summed E-state index contributed by atoms with van der Waals surface area (Å²) in [5, 5.41) is 16.9. The van der Waals surface area contributed by atoms with Crippen molar-refractivity contribution in [2.75, 3.05) is 22.5 Å². The van der Waals surface area contributed by atoms with Crippen LogP contribution in [0, 0.1) is 22.7 Å². The van der Waals surface area contributed by atoms with E-state index in [0.717, 1.165) is 18.5 Å². The number of hydrogen-bond donors (Lipinski definition) is 2. The van der Waals surface area contributed by atoms with Gasteiger partial charge in [-0.25, -0.2) is 4.98 Å². The first-order valence-corrected chi connectivity index (χ1v) is 8.29. The van der Waals surface area contributed by atoms with E-state index in [-0.39, 0.29) is 36.6 Å². The molecule has 2 aromatic rings. The van der Waals surface area contributed by atoms with Gasteiger partial charge in [0.2, 0.25) is 5.91 Å². The van der Waals surface area contributed by atoms with Crippen LogP contribution in [-0.2, 0) is 11.8 Å². The van der Waals surface area contributed by atoms with E-state index in [4.69, 9.17) is 5.73 Å². The summed E-state index contributed by atoms with van der Waals surface area (Å²) in [6, 6.07) is 7.60. The molecule has 3 heterocycles. The van der Waals surface area contributed by atoms with Crippen LogP contribution in [0.3, 0.4) is 0 Å². The van der Waals surface area contributed by atoms with E-state index in [1.54, 1.807) is 41.0 Å². The summed E-state index contributed by atoms with van der Waals surface area (Å²) < 4.78 is 1.56. The van der Waals surface area contributed by atoms with Crippen molar-refractivity contribution < 1.29 is 4.79 Å². The molecule has 0 radical (unpaired) electrons. The fourth-order valence-electron chi connectivity index (χ4n) is 3.46. The van der Waals surface area contributed by atoms with Crippen LogP contribution in [0.2, 0.25) is 0 Å². The molecular weight excluding hydrogens is 389 g/mol. The highest BCUT2D eigenvalue weighted by atomic mass is 35.5. The van der Waals surface area contributed by atoms with Gasteiger partial charge >= 0.3 is 0 Å². The highest BCUT2D eigenvalue weighted by molar-refractivity contribution is 6.02. The minimum Gasteiger partial charge on any atom is -0.384 e. The van der Waals surface area contributed by atoms with Crippen molar-refractivity contribution in [1.82, 2.24) is 14.8 Å². The number of aryl methyl sites for hydroxylation is 1. The number of aromatic nitrogens is 3. The van der Waals surface area contributed by atoms with Crippen molar-refractivity contribution in [3.05, 3.63) is 24.4 Å². The summed E-state index contributed by atoms with van der Waals surface area (Å²) in [5.41, 5.74) is 5.68. The number of rotatable bonds is 4. The van der Waals surface area contributed by atoms with Gasteiger partial charge in [-0.2, -0.15) is 10.4 Å². The molecule has 0 unspecified atom stereocenters. The molecule has 10 heteroatoms. The zero-order chi connectivity index (χ0) is 17.6. The second-order valence-corrected chi connectivity index (χ2v) is 6.67. The van der Waals surface area contributed by atoms with E-state index < -0.39 is 5.41 Å². The van der Waals surface area contributed by atoms with Gasteiger partial charge in [0.15, 0.2) is 5.82 Å². The minimum atomic E-state index is -0.841. The monoisotopic (exact) mass is 409 g/mol. The number of halogens is 2. The van der Waals surface area contributed by atoms with Gasteiger partial charge in [-0.15, -0.1) is 24.8 Å². The number of carbonyl (C=O) groups excluding carboxylic acids is 1. The Bertz CT molecular complexity index is 870. The van der Waals surface area contributed by atoms with Crippen LogP contribution in [0.1, 0.15) is 19.3 Å². The molecule has 2 aliphatic rings. The Kier molecular flexibility index (Phi) is 5.88. The molecule has 27 heavy (non-hydrogen) atoms. The van der Waals surface area contributed by atoms with E-state index in [9.17, 15) is 10.1 Å². The van der Waals surface area contributed by atoms with Crippen LogP contribution in [0.25, 0.3) is 0 Å². The molecule has 2 aromatic heterocycles. The number of anilines is 4. The molecule has 1 saturated carbocycles. The summed E-state index contributed by atoms with van der Waals surface area (Å²) in [6.07, 6.45) is 4.17. The number of nitriles is 1. The summed E-state index contributed by atoms with van der Waals surface area (Å²) in [4.78, 5) is 18.9. The fourth-order valence-corrected chi connectivity index (χ4v) is 3.46. The Labute approximate surface area is 169 Å². The van der Waals surface area contributed by atoms with Gasteiger partial charge in [-0.1, -0.05) is 0 Å². The SMILES string of the molecule is Cl.Cl.Cn1nc(Nc2cc(N3CC[C@@](C#N)(C4CC4)C3=O)ccn2)cc1N. The van der Waals surface area contributed by atoms with Gasteiger partial charge < -0.3 is 16.0 Å². The lowest BCUT2D eigenvalue weighted by atomic mass is 9.83. The zero-order valence-electron chi connectivity index (χ0n) is 14.8. The largest absolute Gasteiger partial charge is 0.384 e. The Balaban J connectivity index is 0.00000131. The third-order valence-electron chi connectivity index (χ3n) is 5.06. The molecule has 1 aliphatic carbocycles. The van der Waals surface area contributed by atoms with E-state index in [0.29, 0.717) is 30.4 Å². The number of pyridine rings is 1. The molecule has 3 N–H and O–H groups in total. The van der Waals surface area contributed by atoms with E-state index in [1.165, 1.54) is 0 Å². The Hall–Kier alpha value is -2.50. The number of nitrogens with two attached hydrogens (primary N) is 1. The van der Waals surface area contributed by atoms with Crippen LogP contribution in [0.15, 0.2) is 24.4 Å². The highest BCUT2D eigenvalue weighted by Gasteiger charge is 2.56. The number of hydrogen-bond acceptors (Lipinski definition) is 6. The topological polar surface area (TPSA) is 113 Å². The number of amides is 1. The summed E-state index contributed by atoms with van der Waals surface area (Å²) in [6.45, 7) is 0.558. The number of nitrogens with one attached hydrogen (secondary N) is 1. The van der Waals surface area contributed by atoms with Crippen molar-refractivity contribution in [3.63, 3.8) is 0 Å². The third-order valence-corrected chi connectivity index (χ3v) is 5.06. The molecule has 4 rings (SSSR count). The first kappa shape index (κ1) is 20.8. The fraction of sp³-hybridized carbons (Fsp3) is 0.412. The van der Waals surface area contributed by atoms with Gasteiger partial charge in [0.05, 0.1) is 6.07 Å². The number of nitrogen functional groups attached to an aromatic ring is 1. The second kappa shape index (κ2) is 7.62. The van der Waals surface area contributed by atoms with Gasteiger partial charge in [0.25, 0.3) is 0 Å². The maximum absolute atomic E-state index is 12.9. The van der Waals surface area contributed by atoms with E-state index >= 15 is 0 Å². The van der Waals surface area contributed by atoms with Gasteiger partial charge in [0, 0.05) is 37.6 Å². The first-order chi connectivity index (χ1) is 12.0. The molecule has 1 amide bonds. The van der Waals surface area contributed by atoms with Gasteiger partial charge in [0.1, 0.15) is 17.1 Å². The van der Waals surface area contributed by atoms with Crippen LogP contribution < -0.4 is 16.0 Å². The highest BCUT2D eigenvalue weighted by Crippen LogP contribution is 2.51. The molecule has 2 fully saturated rings. The predicted molar refractivity (Wildman–Crippen MR) is 107 cm³/mol. The molecule has 0 bridgehead atoms. The molecular formula is C17H21Cl2N7O. The van der Waals surface area contributed by atoms with E-state index in [2.05, 4.69) is 21.5 Å². The Morgan fingerprint density at radius 3 is 2.67 bits per heavy atom. The lowest BCUT2D eigenvalue weighted by molar-refractivity contribution is -0.123. The average Bonchev–Trinajstić information content (AvgIpc) is 3.33. The quantitative estimate of drug-likeness (QED) is 0.801. The molecule has 1 atom stereocenters. The summed E-state index contributed by atoms with van der Waals surface area (Å²) >= 11 is 0. The smallest absolute Gasteiger partial charge is 0.247 e. The summed E-state index contributed by atoms with van der Waals surface area (Å²) in [5.74, 6) is 1.82. The van der Waals surface area contributed by atoms with Crippen molar-refractivity contribution in [2.24, 2.45) is 18.4 Å². The molecule has 0 aromatic carbocycles. The molecule has 1 saturated heterocycles. The van der Waals surface area contributed by atoms with E-state index in [1.807, 2.05) is 0 Å². The zero-order valence-corrected chi connectivity index (χ0v) is 16.4. The number of nitrogens with zero attached hydrogens (tertiary/aromatic N) is 5. The van der Waals surface area contributed by atoms with Gasteiger partial charge in [-0.3, -0.25) is 9.48 Å². The molecule has 8 nitrogen and oxygen atoms in total. The maximum Gasteiger partial charge on any atom is 0.247 e. The average molecular weight is 410 g/mol. The molecule has 0 spiro atoms. The van der Waals surface area contributed by atoms with Crippen LogP contribution in [0.5, 0.6) is 0 Å². The van der Waals surface area contributed by atoms with Crippen LogP contribution in [-0.4, -0.2) is 27.2 Å². The van der Waals surface area contributed by atoms with Crippen molar-refractivity contribution in [2.45, 2.75) is 19.3 Å². The first-order valence-electron chi connectivity index (χ1n) is 8.29. The minimum absolute atomic E-state index is 0. The predicted octanol–water partition coefficient (Wildman–Crippen LogP) is 2.64. The summed E-state index contributed by atoms with van der Waals surface area (Å²) in [7, 11) is 1.76. The normalized spacial score (nSPS) is 21.2. The van der Waals surface area contributed by atoms with Gasteiger partial charge in [-0.05, 0) is 31.2 Å². The Morgan fingerprint density at radius 2 is 2.07 bits per heavy atom. The Morgan fingerprint density at radius 1 is 1.33 bits per heavy atom.